The van der Waals surface area contributed by atoms with E-state index in [0.717, 1.165) is 31.5 Å². The number of rotatable bonds is 4. The van der Waals surface area contributed by atoms with Gasteiger partial charge in [-0.15, -0.1) is 0 Å². The molecule has 132 valence electrons. The van der Waals surface area contributed by atoms with E-state index < -0.39 is 0 Å². The van der Waals surface area contributed by atoms with Gasteiger partial charge in [0.25, 0.3) is 0 Å². The maximum Gasteiger partial charge on any atom is 0.144 e. The van der Waals surface area contributed by atoms with Crippen molar-refractivity contribution in [2.45, 2.75) is 18.9 Å². The molecule has 1 aliphatic rings. The summed E-state index contributed by atoms with van der Waals surface area (Å²) in [4.78, 5) is 4.37. The lowest BCUT2D eigenvalue weighted by molar-refractivity contribution is 0.163. The second-order valence-electron chi connectivity index (χ2n) is 6.45. The van der Waals surface area contributed by atoms with E-state index in [1.165, 1.54) is 0 Å². The number of pyridine rings is 1. The Kier molecular flexibility index (Phi) is 4.93. The van der Waals surface area contributed by atoms with Crippen LogP contribution in [0.2, 0.25) is 0 Å². The van der Waals surface area contributed by atoms with Crippen LogP contribution in [0.4, 0.5) is 4.39 Å². The van der Waals surface area contributed by atoms with Gasteiger partial charge in [0.15, 0.2) is 0 Å². The largest absolute Gasteiger partial charge is 0.490 e. The van der Waals surface area contributed by atoms with Crippen molar-refractivity contribution in [2.24, 2.45) is 0 Å². The summed E-state index contributed by atoms with van der Waals surface area (Å²) in [6.07, 6.45) is 3.62. The normalized spacial score (nSPS) is 15.0. The molecule has 0 amide bonds. The number of nitrogens with zero attached hydrogens (tertiary/aromatic N) is 1. The van der Waals surface area contributed by atoms with E-state index in [1.807, 2.05) is 54.6 Å². The van der Waals surface area contributed by atoms with Crippen LogP contribution in [-0.2, 0) is 0 Å². The van der Waals surface area contributed by atoms with Crippen LogP contribution in [0.3, 0.4) is 0 Å². The summed E-state index contributed by atoms with van der Waals surface area (Å²) in [5, 5.41) is 3.32. The number of benzene rings is 2. The number of nitrogens with one attached hydrogen (secondary N) is 1. The molecule has 0 aliphatic carbocycles. The number of halogens is 1. The van der Waals surface area contributed by atoms with Crippen molar-refractivity contribution < 1.29 is 9.13 Å². The minimum Gasteiger partial charge on any atom is -0.490 e. The molecule has 3 nitrogen and oxygen atoms in total. The predicted octanol–water partition coefficient (Wildman–Crippen LogP) is 4.69. The Hall–Kier alpha value is -2.72. The summed E-state index contributed by atoms with van der Waals surface area (Å²) in [6, 6.07) is 18.8. The highest BCUT2D eigenvalue weighted by Crippen LogP contribution is 2.38. The summed E-state index contributed by atoms with van der Waals surface area (Å²) < 4.78 is 21.7. The quantitative estimate of drug-likeness (QED) is 0.743. The van der Waals surface area contributed by atoms with Crippen molar-refractivity contribution in [1.82, 2.24) is 10.3 Å². The van der Waals surface area contributed by atoms with Gasteiger partial charge in [-0.3, -0.25) is 4.98 Å². The molecule has 0 radical (unpaired) electrons. The maximum atomic E-state index is 15.5. The second-order valence-corrected chi connectivity index (χ2v) is 6.45. The van der Waals surface area contributed by atoms with Crippen LogP contribution < -0.4 is 10.1 Å². The molecule has 1 aromatic heterocycles. The zero-order chi connectivity index (χ0) is 17.8. The molecule has 4 heteroatoms. The Labute approximate surface area is 152 Å². The predicted molar refractivity (Wildman–Crippen MR) is 102 cm³/mol. The molecule has 2 aromatic carbocycles. The molecule has 4 rings (SSSR count). The molecule has 0 spiro atoms. The van der Waals surface area contributed by atoms with Gasteiger partial charge in [0.1, 0.15) is 17.7 Å². The smallest absolute Gasteiger partial charge is 0.144 e. The standard InChI is InChI=1S/C22H21FN2O/c23-22-18(16-6-2-1-3-7-16)9-10-20(26-17-11-14-24-15-12-17)21(22)19-8-4-5-13-25-19/h1-10,13,17,24H,11-12,14-15H2. The molecule has 1 saturated heterocycles. The van der Waals surface area contributed by atoms with Crippen molar-refractivity contribution >= 4 is 0 Å². The number of piperidine rings is 1. The monoisotopic (exact) mass is 348 g/mol. The Morgan fingerprint density at radius 1 is 0.923 bits per heavy atom. The molecular formula is C22H21FN2O. The molecule has 0 saturated carbocycles. The molecule has 1 fully saturated rings. The topological polar surface area (TPSA) is 34.1 Å². The van der Waals surface area contributed by atoms with E-state index >= 15 is 4.39 Å². The van der Waals surface area contributed by atoms with Gasteiger partial charge in [-0.1, -0.05) is 36.4 Å². The Balaban J connectivity index is 1.79. The molecule has 0 unspecified atom stereocenters. The lowest BCUT2D eigenvalue weighted by Crippen LogP contribution is -2.34. The van der Waals surface area contributed by atoms with Crippen molar-refractivity contribution in [3.8, 4) is 28.1 Å². The number of hydrogen-bond acceptors (Lipinski definition) is 3. The average Bonchev–Trinajstić information content (AvgIpc) is 2.70. The van der Waals surface area contributed by atoms with Crippen LogP contribution >= 0.6 is 0 Å². The van der Waals surface area contributed by atoms with Crippen LogP contribution in [0.5, 0.6) is 5.75 Å². The molecule has 26 heavy (non-hydrogen) atoms. The first-order valence-corrected chi connectivity index (χ1v) is 8.99. The van der Waals surface area contributed by atoms with Crippen molar-refractivity contribution in [1.29, 1.82) is 0 Å². The van der Waals surface area contributed by atoms with Crippen LogP contribution in [0.15, 0.2) is 66.9 Å². The number of hydrogen-bond donors (Lipinski definition) is 1. The summed E-state index contributed by atoms with van der Waals surface area (Å²) in [7, 11) is 0. The molecule has 3 aromatic rings. The van der Waals surface area contributed by atoms with Crippen molar-refractivity contribution in [3.05, 3.63) is 72.7 Å². The van der Waals surface area contributed by atoms with Gasteiger partial charge < -0.3 is 10.1 Å². The third-order valence-electron chi connectivity index (χ3n) is 4.69. The summed E-state index contributed by atoms with van der Waals surface area (Å²) in [5.74, 6) is 0.272. The highest BCUT2D eigenvalue weighted by Gasteiger charge is 2.22. The van der Waals surface area contributed by atoms with E-state index in [9.17, 15) is 0 Å². The van der Waals surface area contributed by atoms with Gasteiger partial charge in [-0.05, 0) is 55.8 Å². The first-order valence-electron chi connectivity index (χ1n) is 8.99. The highest BCUT2D eigenvalue weighted by molar-refractivity contribution is 5.77. The number of aromatic nitrogens is 1. The third kappa shape index (κ3) is 3.46. The Morgan fingerprint density at radius 2 is 1.69 bits per heavy atom. The molecule has 1 N–H and O–H groups in total. The van der Waals surface area contributed by atoms with Gasteiger partial charge in [-0.2, -0.15) is 0 Å². The summed E-state index contributed by atoms with van der Waals surface area (Å²) in [5.41, 5.74) is 2.43. The van der Waals surface area contributed by atoms with Crippen LogP contribution in [0.25, 0.3) is 22.4 Å². The van der Waals surface area contributed by atoms with Crippen LogP contribution in [-0.4, -0.2) is 24.2 Å². The molecule has 1 aliphatic heterocycles. The third-order valence-corrected chi connectivity index (χ3v) is 4.69. The SMILES string of the molecule is Fc1c(-c2ccccc2)ccc(OC2CCNCC2)c1-c1ccccn1. The molecular weight excluding hydrogens is 327 g/mol. The Bertz CT molecular complexity index is 862. The highest BCUT2D eigenvalue weighted by atomic mass is 19.1. The number of ether oxygens (including phenoxy) is 1. The summed E-state index contributed by atoms with van der Waals surface area (Å²) in [6.45, 7) is 1.85. The van der Waals surface area contributed by atoms with Crippen molar-refractivity contribution in [3.63, 3.8) is 0 Å². The van der Waals surface area contributed by atoms with E-state index in [2.05, 4.69) is 10.3 Å². The second kappa shape index (κ2) is 7.67. The minimum atomic E-state index is -0.290. The van der Waals surface area contributed by atoms with E-state index in [0.29, 0.717) is 22.6 Å². The van der Waals surface area contributed by atoms with Gasteiger partial charge in [0, 0.05) is 11.8 Å². The van der Waals surface area contributed by atoms with Crippen LogP contribution in [0.1, 0.15) is 12.8 Å². The van der Waals surface area contributed by atoms with Gasteiger partial charge in [0.2, 0.25) is 0 Å². The lowest BCUT2D eigenvalue weighted by atomic mass is 9.99. The summed E-state index contributed by atoms with van der Waals surface area (Å²) >= 11 is 0. The fourth-order valence-electron chi connectivity index (χ4n) is 3.34. The first kappa shape index (κ1) is 16.7. The van der Waals surface area contributed by atoms with E-state index in [4.69, 9.17) is 4.74 Å². The average molecular weight is 348 g/mol. The maximum absolute atomic E-state index is 15.5. The van der Waals surface area contributed by atoms with E-state index in [-0.39, 0.29) is 11.9 Å². The lowest BCUT2D eigenvalue weighted by Gasteiger charge is -2.25. The van der Waals surface area contributed by atoms with Gasteiger partial charge in [-0.25, -0.2) is 4.39 Å². The Morgan fingerprint density at radius 3 is 2.42 bits per heavy atom. The van der Waals surface area contributed by atoms with Gasteiger partial charge in [0.05, 0.1) is 11.3 Å². The van der Waals surface area contributed by atoms with E-state index in [1.54, 1.807) is 12.3 Å². The molecule has 0 bridgehead atoms. The molecule has 0 atom stereocenters. The van der Waals surface area contributed by atoms with Crippen molar-refractivity contribution in [2.75, 3.05) is 13.1 Å². The zero-order valence-electron chi connectivity index (χ0n) is 14.5. The molecule has 2 heterocycles. The fraction of sp³-hybridized carbons (Fsp3) is 0.227. The van der Waals surface area contributed by atoms with Gasteiger partial charge >= 0.3 is 0 Å². The fourth-order valence-corrected chi connectivity index (χ4v) is 3.34. The van der Waals surface area contributed by atoms with Crippen LogP contribution in [0, 0.1) is 5.82 Å². The zero-order valence-corrected chi connectivity index (χ0v) is 14.5. The minimum absolute atomic E-state index is 0.0979. The first-order chi connectivity index (χ1) is 12.8.